The fraction of sp³-hybridized carbons (Fsp3) is 0.0625. The molecular weight excluding hydrogens is 348 g/mol. The zero-order chi connectivity index (χ0) is 14.7. The standard InChI is InChI=1S/C16H13BrN2OS/c17-12-6-7-14(18)15(8-12)21-10-13-9-20-16(19-13)11-4-2-1-3-5-11/h1-9H,10,18H2. The quantitative estimate of drug-likeness (QED) is 0.526. The molecule has 0 amide bonds. The fourth-order valence-electron chi connectivity index (χ4n) is 1.87. The number of halogens is 1. The molecular formula is C16H13BrN2OS. The molecule has 3 rings (SSSR count). The van der Waals surface area contributed by atoms with Crippen molar-refractivity contribution in [3.63, 3.8) is 0 Å². The van der Waals surface area contributed by atoms with Crippen molar-refractivity contribution >= 4 is 33.4 Å². The van der Waals surface area contributed by atoms with Gasteiger partial charge in [-0.15, -0.1) is 11.8 Å². The fourth-order valence-corrected chi connectivity index (χ4v) is 3.27. The minimum absolute atomic E-state index is 0.647. The molecule has 0 aliphatic carbocycles. The van der Waals surface area contributed by atoms with Crippen LogP contribution in [0.2, 0.25) is 0 Å². The molecule has 21 heavy (non-hydrogen) atoms. The van der Waals surface area contributed by atoms with Gasteiger partial charge >= 0.3 is 0 Å². The summed E-state index contributed by atoms with van der Waals surface area (Å²) in [5.41, 5.74) is 8.62. The van der Waals surface area contributed by atoms with Crippen LogP contribution in [0, 0.1) is 0 Å². The predicted octanol–water partition coefficient (Wildman–Crippen LogP) is 4.98. The summed E-state index contributed by atoms with van der Waals surface area (Å²) in [5.74, 6) is 1.37. The van der Waals surface area contributed by atoms with Gasteiger partial charge in [0.1, 0.15) is 6.26 Å². The van der Waals surface area contributed by atoms with Crippen LogP contribution in [0.3, 0.4) is 0 Å². The number of benzene rings is 2. The average molecular weight is 361 g/mol. The minimum Gasteiger partial charge on any atom is -0.444 e. The highest BCUT2D eigenvalue weighted by Crippen LogP contribution is 2.31. The van der Waals surface area contributed by atoms with E-state index in [-0.39, 0.29) is 0 Å². The van der Waals surface area contributed by atoms with Crippen molar-refractivity contribution in [2.45, 2.75) is 10.6 Å². The second-order valence-corrected chi connectivity index (χ2v) is 6.41. The van der Waals surface area contributed by atoms with Gasteiger partial charge in [-0.2, -0.15) is 0 Å². The van der Waals surface area contributed by atoms with Gasteiger partial charge in [-0.1, -0.05) is 34.1 Å². The number of aromatic nitrogens is 1. The molecule has 1 heterocycles. The lowest BCUT2D eigenvalue weighted by molar-refractivity contribution is 0.573. The van der Waals surface area contributed by atoms with Crippen LogP contribution in [0.1, 0.15) is 5.69 Å². The number of nitrogens with zero attached hydrogens (tertiary/aromatic N) is 1. The van der Waals surface area contributed by atoms with Gasteiger partial charge in [-0.25, -0.2) is 4.98 Å². The van der Waals surface area contributed by atoms with Gasteiger partial charge in [0, 0.05) is 26.4 Å². The van der Waals surface area contributed by atoms with Gasteiger partial charge < -0.3 is 10.2 Å². The Bertz CT molecular complexity index is 743. The first kappa shape index (κ1) is 14.2. The van der Waals surface area contributed by atoms with E-state index in [1.54, 1.807) is 18.0 Å². The Morgan fingerprint density at radius 2 is 1.95 bits per heavy atom. The molecule has 0 aliphatic heterocycles. The number of hydrogen-bond donors (Lipinski definition) is 1. The van der Waals surface area contributed by atoms with Crippen molar-refractivity contribution in [3.05, 3.63) is 65.0 Å². The molecule has 3 nitrogen and oxygen atoms in total. The topological polar surface area (TPSA) is 52.0 Å². The molecule has 106 valence electrons. The lowest BCUT2D eigenvalue weighted by atomic mass is 10.2. The minimum atomic E-state index is 0.647. The van der Waals surface area contributed by atoms with Gasteiger partial charge in [0.15, 0.2) is 0 Å². The van der Waals surface area contributed by atoms with E-state index in [2.05, 4.69) is 20.9 Å². The van der Waals surface area contributed by atoms with Crippen molar-refractivity contribution in [3.8, 4) is 11.5 Å². The first-order valence-electron chi connectivity index (χ1n) is 6.40. The average Bonchev–Trinajstić information content (AvgIpc) is 2.98. The number of thioether (sulfide) groups is 1. The number of anilines is 1. The van der Waals surface area contributed by atoms with Gasteiger partial charge in [0.2, 0.25) is 5.89 Å². The second kappa shape index (κ2) is 6.37. The van der Waals surface area contributed by atoms with Crippen molar-refractivity contribution in [2.24, 2.45) is 0 Å². The first-order chi connectivity index (χ1) is 10.2. The van der Waals surface area contributed by atoms with Crippen LogP contribution in [0.4, 0.5) is 5.69 Å². The monoisotopic (exact) mass is 360 g/mol. The van der Waals surface area contributed by atoms with E-state index in [4.69, 9.17) is 10.2 Å². The highest BCUT2D eigenvalue weighted by molar-refractivity contribution is 9.10. The maximum atomic E-state index is 5.96. The summed E-state index contributed by atoms with van der Waals surface area (Å²) >= 11 is 5.10. The molecule has 0 spiro atoms. The van der Waals surface area contributed by atoms with E-state index in [0.29, 0.717) is 5.89 Å². The number of hydrogen-bond acceptors (Lipinski definition) is 4. The first-order valence-corrected chi connectivity index (χ1v) is 8.18. The summed E-state index contributed by atoms with van der Waals surface area (Å²) in [6.45, 7) is 0. The number of oxazole rings is 1. The molecule has 0 fully saturated rings. The SMILES string of the molecule is Nc1ccc(Br)cc1SCc1coc(-c2ccccc2)n1. The molecule has 0 saturated carbocycles. The lowest BCUT2D eigenvalue weighted by Gasteiger charge is -2.04. The van der Waals surface area contributed by atoms with Crippen LogP contribution in [-0.4, -0.2) is 4.98 Å². The van der Waals surface area contributed by atoms with E-state index in [1.165, 1.54) is 0 Å². The van der Waals surface area contributed by atoms with E-state index in [9.17, 15) is 0 Å². The largest absolute Gasteiger partial charge is 0.444 e. The maximum Gasteiger partial charge on any atom is 0.226 e. The van der Waals surface area contributed by atoms with Gasteiger partial charge in [0.25, 0.3) is 0 Å². The lowest BCUT2D eigenvalue weighted by Crippen LogP contribution is -1.89. The normalized spacial score (nSPS) is 10.7. The Morgan fingerprint density at radius 3 is 2.76 bits per heavy atom. The molecule has 0 saturated heterocycles. The summed E-state index contributed by atoms with van der Waals surface area (Å²) in [5, 5.41) is 0. The van der Waals surface area contributed by atoms with E-state index in [1.807, 2.05) is 48.5 Å². The van der Waals surface area contributed by atoms with Gasteiger partial charge in [-0.3, -0.25) is 0 Å². The molecule has 2 aromatic carbocycles. The van der Waals surface area contributed by atoms with Gasteiger partial charge in [-0.05, 0) is 30.3 Å². The third kappa shape index (κ3) is 3.49. The molecule has 2 N–H and O–H groups in total. The molecule has 0 atom stereocenters. The Hall–Kier alpha value is -1.72. The van der Waals surface area contributed by atoms with Crippen LogP contribution in [0.15, 0.2) is 68.6 Å². The third-order valence-corrected chi connectivity index (χ3v) is 4.52. The molecule has 0 radical (unpaired) electrons. The van der Waals surface area contributed by atoms with Crippen LogP contribution in [0.5, 0.6) is 0 Å². The van der Waals surface area contributed by atoms with Crippen LogP contribution in [0.25, 0.3) is 11.5 Å². The zero-order valence-corrected chi connectivity index (χ0v) is 13.5. The second-order valence-electron chi connectivity index (χ2n) is 4.48. The molecule has 1 aromatic heterocycles. The Morgan fingerprint density at radius 1 is 1.14 bits per heavy atom. The smallest absolute Gasteiger partial charge is 0.226 e. The van der Waals surface area contributed by atoms with Crippen molar-refractivity contribution in [1.29, 1.82) is 0 Å². The van der Waals surface area contributed by atoms with Gasteiger partial charge in [0.05, 0.1) is 5.69 Å². The van der Waals surface area contributed by atoms with E-state index in [0.717, 1.165) is 32.1 Å². The number of nitrogen functional groups attached to an aromatic ring is 1. The van der Waals surface area contributed by atoms with Crippen molar-refractivity contribution < 1.29 is 4.42 Å². The van der Waals surface area contributed by atoms with Crippen LogP contribution < -0.4 is 5.73 Å². The summed E-state index contributed by atoms with van der Waals surface area (Å²) in [6, 6.07) is 15.7. The third-order valence-electron chi connectivity index (χ3n) is 2.92. The van der Waals surface area contributed by atoms with Crippen molar-refractivity contribution in [1.82, 2.24) is 4.98 Å². The van der Waals surface area contributed by atoms with Crippen LogP contribution >= 0.6 is 27.7 Å². The molecule has 0 bridgehead atoms. The van der Waals surface area contributed by atoms with E-state index < -0.39 is 0 Å². The molecule has 5 heteroatoms. The summed E-state index contributed by atoms with van der Waals surface area (Å²) in [4.78, 5) is 5.54. The molecule has 0 unspecified atom stereocenters. The summed E-state index contributed by atoms with van der Waals surface area (Å²) in [7, 11) is 0. The molecule has 3 aromatic rings. The number of rotatable bonds is 4. The van der Waals surface area contributed by atoms with Crippen molar-refractivity contribution in [2.75, 3.05) is 5.73 Å². The predicted molar refractivity (Wildman–Crippen MR) is 90.1 cm³/mol. The zero-order valence-electron chi connectivity index (χ0n) is 11.1. The highest BCUT2D eigenvalue weighted by atomic mass is 79.9. The maximum absolute atomic E-state index is 5.96. The highest BCUT2D eigenvalue weighted by Gasteiger charge is 2.08. The van der Waals surface area contributed by atoms with E-state index >= 15 is 0 Å². The Balaban J connectivity index is 1.72. The Kier molecular flexibility index (Phi) is 4.31. The molecule has 0 aliphatic rings. The summed E-state index contributed by atoms with van der Waals surface area (Å²) < 4.78 is 6.55. The van der Waals surface area contributed by atoms with Crippen LogP contribution in [-0.2, 0) is 5.75 Å². The number of nitrogens with two attached hydrogens (primary N) is 1. The Labute approximate surface area is 135 Å². The summed E-state index contributed by atoms with van der Waals surface area (Å²) in [6.07, 6.45) is 1.70.